The number of amides is 1. The number of halogens is 1. The maximum Gasteiger partial charge on any atom is 0.349 e. The zero-order chi connectivity index (χ0) is 18.8. The summed E-state index contributed by atoms with van der Waals surface area (Å²) >= 11 is 3.37. The zero-order valence-electron chi connectivity index (χ0n) is 14.4. The highest BCUT2D eigenvalue weighted by Gasteiger charge is 2.17. The van der Waals surface area contributed by atoms with Gasteiger partial charge in [0.1, 0.15) is 29.1 Å². The fourth-order valence-electron chi connectivity index (χ4n) is 3.15. The Kier molecular flexibility index (Phi) is 4.89. The van der Waals surface area contributed by atoms with Crippen LogP contribution in [0, 0.1) is 0 Å². The summed E-state index contributed by atoms with van der Waals surface area (Å²) in [6, 6.07) is 8.48. The SMILES string of the molecule is O=C(Nc1cc(N2CCCCC2)ncn1)c1cc2cc(Br)ccc2oc1=O. The third-order valence-corrected chi connectivity index (χ3v) is 5.01. The molecule has 7 nitrogen and oxygen atoms in total. The fourth-order valence-corrected chi connectivity index (χ4v) is 3.53. The maximum atomic E-state index is 12.6. The first-order chi connectivity index (χ1) is 13.1. The number of hydrogen-bond donors (Lipinski definition) is 1. The Labute approximate surface area is 163 Å². The van der Waals surface area contributed by atoms with Crippen LogP contribution in [-0.4, -0.2) is 29.0 Å². The molecule has 1 aliphatic heterocycles. The summed E-state index contributed by atoms with van der Waals surface area (Å²) in [5.74, 6) is 0.563. The van der Waals surface area contributed by atoms with Crippen molar-refractivity contribution in [2.45, 2.75) is 19.3 Å². The van der Waals surface area contributed by atoms with Gasteiger partial charge in [-0.3, -0.25) is 4.79 Å². The van der Waals surface area contributed by atoms with E-state index in [0.717, 1.165) is 36.2 Å². The number of carbonyl (C=O) groups is 1. The summed E-state index contributed by atoms with van der Waals surface area (Å²) in [6.07, 6.45) is 4.89. The molecule has 0 unspecified atom stereocenters. The molecular weight excluding hydrogens is 412 g/mol. The number of carbonyl (C=O) groups excluding carboxylic acids is 1. The van der Waals surface area contributed by atoms with Crippen molar-refractivity contribution in [2.24, 2.45) is 0 Å². The predicted molar refractivity (Wildman–Crippen MR) is 106 cm³/mol. The summed E-state index contributed by atoms with van der Waals surface area (Å²) in [7, 11) is 0. The average molecular weight is 429 g/mol. The van der Waals surface area contributed by atoms with E-state index in [4.69, 9.17) is 4.42 Å². The predicted octanol–water partition coefficient (Wildman–Crippen LogP) is 3.59. The van der Waals surface area contributed by atoms with Crippen LogP contribution in [0.3, 0.4) is 0 Å². The molecule has 0 radical (unpaired) electrons. The molecule has 2 aromatic heterocycles. The fraction of sp³-hybridized carbons (Fsp3) is 0.263. The maximum absolute atomic E-state index is 12.6. The Balaban J connectivity index is 1.59. The number of benzene rings is 1. The van der Waals surface area contributed by atoms with Crippen molar-refractivity contribution < 1.29 is 9.21 Å². The number of rotatable bonds is 3. The Morgan fingerprint density at radius 3 is 2.74 bits per heavy atom. The zero-order valence-corrected chi connectivity index (χ0v) is 16.0. The number of nitrogens with zero attached hydrogens (tertiary/aromatic N) is 3. The summed E-state index contributed by atoms with van der Waals surface area (Å²) in [6.45, 7) is 1.88. The van der Waals surface area contributed by atoms with Crippen LogP contribution in [0.25, 0.3) is 11.0 Å². The van der Waals surface area contributed by atoms with Crippen LogP contribution in [0.4, 0.5) is 11.6 Å². The van der Waals surface area contributed by atoms with Gasteiger partial charge in [0.15, 0.2) is 0 Å². The molecule has 1 N–H and O–H groups in total. The molecule has 0 bridgehead atoms. The minimum absolute atomic E-state index is 0.0706. The molecule has 0 aliphatic carbocycles. The van der Waals surface area contributed by atoms with E-state index in [2.05, 4.69) is 36.1 Å². The molecule has 3 aromatic rings. The Hall–Kier alpha value is -2.74. The number of hydrogen-bond acceptors (Lipinski definition) is 6. The van der Waals surface area contributed by atoms with Crippen molar-refractivity contribution >= 4 is 44.4 Å². The van der Waals surface area contributed by atoms with Gasteiger partial charge in [-0.15, -0.1) is 0 Å². The van der Waals surface area contributed by atoms with Crippen molar-refractivity contribution in [3.63, 3.8) is 0 Å². The standard InChI is InChI=1S/C19H17BrN4O3/c20-13-4-5-15-12(8-13)9-14(19(26)27-15)18(25)23-16-10-17(22-11-21-16)24-6-2-1-3-7-24/h4-5,8-11H,1-3,6-7H2,(H,21,22,23,25). The summed E-state index contributed by atoms with van der Waals surface area (Å²) < 4.78 is 6.08. The Morgan fingerprint density at radius 1 is 1.11 bits per heavy atom. The molecule has 0 spiro atoms. The van der Waals surface area contributed by atoms with Gasteiger partial charge < -0.3 is 14.6 Å². The van der Waals surface area contributed by atoms with Crippen molar-refractivity contribution in [1.82, 2.24) is 9.97 Å². The highest BCUT2D eigenvalue weighted by atomic mass is 79.9. The van der Waals surface area contributed by atoms with E-state index in [1.807, 2.05) is 0 Å². The molecule has 1 amide bonds. The first-order valence-corrected chi connectivity index (χ1v) is 9.51. The normalized spacial score (nSPS) is 14.3. The number of aromatic nitrogens is 2. The molecule has 1 aliphatic rings. The molecule has 8 heteroatoms. The molecule has 3 heterocycles. The van der Waals surface area contributed by atoms with Gasteiger partial charge in [-0.25, -0.2) is 14.8 Å². The summed E-state index contributed by atoms with van der Waals surface area (Å²) in [5, 5.41) is 3.33. The van der Waals surface area contributed by atoms with Crippen molar-refractivity contribution in [3.05, 3.63) is 57.1 Å². The average Bonchev–Trinajstić information content (AvgIpc) is 2.68. The monoisotopic (exact) mass is 428 g/mol. The first-order valence-electron chi connectivity index (χ1n) is 8.72. The largest absolute Gasteiger partial charge is 0.422 e. The number of piperidine rings is 1. The van der Waals surface area contributed by atoms with Crippen LogP contribution in [0.15, 0.2) is 50.3 Å². The molecule has 0 atom stereocenters. The minimum Gasteiger partial charge on any atom is -0.422 e. The Morgan fingerprint density at radius 2 is 1.93 bits per heavy atom. The van der Waals surface area contributed by atoms with E-state index in [0.29, 0.717) is 16.8 Å². The van der Waals surface area contributed by atoms with Gasteiger partial charge in [0.25, 0.3) is 5.91 Å². The van der Waals surface area contributed by atoms with Crippen molar-refractivity contribution in [3.8, 4) is 0 Å². The first kappa shape index (κ1) is 17.7. The van der Waals surface area contributed by atoms with Gasteiger partial charge >= 0.3 is 5.63 Å². The molecule has 27 heavy (non-hydrogen) atoms. The van der Waals surface area contributed by atoms with Gasteiger partial charge in [-0.2, -0.15) is 0 Å². The number of fused-ring (bicyclic) bond motifs is 1. The quantitative estimate of drug-likeness (QED) is 0.641. The van der Waals surface area contributed by atoms with E-state index >= 15 is 0 Å². The minimum atomic E-state index is -0.687. The summed E-state index contributed by atoms with van der Waals surface area (Å²) in [5.41, 5.74) is -0.333. The van der Waals surface area contributed by atoms with E-state index < -0.39 is 11.5 Å². The van der Waals surface area contributed by atoms with Crippen LogP contribution in [0.1, 0.15) is 29.6 Å². The number of nitrogens with one attached hydrogen (secondary N) is 1. The molecule has 4 rings (SSSR count). The van der Waals surface area contributed by atoms with Crippen LogP contribution in [-0.2, 0) is 0 Å². The lowest BCUT2D eigenvalue weighted by atomic mass is 10.1. The lowest BCUT2D eigenvalue weighted by Gasteiger charge is -2.27. The van der Waals surface area contributed by atoms with Crippen LogP contribution < -0.4 is 15.8 Å². The van der Waals surface area contributed by atoms with Gasteiger partial charge in [0.2, 0.25) is 0 Å². The topological polar surface area (TPSA) is 88.3 Å². The van der Waals surface area contributed by atoms with Crippen molar-refractivity contribution in [2.75, 3.05) is 23.3 Å². The van der Waals surface area contributed by atoms with Crippen LogP contribution in [0.2, 0.25) is 0 Å². The third kappa shape index (κ3) is 3.85. The number of anilines is 2. The molecule has 0 saturated carbocycles. The lowest BCUT2D eigenvalue weighted by molar-refractivity contribution is 0.102. The second-order valence-corrected chi connectivity index (χ2v) is 7.31. The lowest BCUT2D eigenvalue weighted by Crippen LogP contribution is -2.30. The van der Waals surface area contributed by atoms with Crippen LogP contribution in [0.5, 0.6) is 0 Å². The molecule has 1 fully saturated rings. The van der Waals surface area contributed by atoms with Gasteiger partial charge in [-0.1, -0.05) is 15.9 Å². The van der Waals surface area contributed by atoms with Gasteiger partial charge in [0, 0.05) is 29.0 Å². The van der Waals surface area contributed by atoms with Gasteiger partial charge in [0.05, 0.1) is 0 Å². The second-order valence-electron chi connectivity index (χ2n) is 6.39. The third-order valence-electron chi connectivity index (χ3n) is 4.51. The smallest absolute Gasteiger partial charge is 0.349 e. The molecule has 138 valence electrons. The molecular formula is C19H17BrN4O3. The Bertz CT molecular complexity index is 1060. The van der Waals surface area contributed by atoms with E-state index in [9.17, 15) is 9.59 Å². The van der Waals surface area contributed by atoms with E-state index in [1.54, 1.807) is 24.3 Å². The van der Waals surface area contributed by atoms with Crippen LogP contribution >= 0.6 is 15.9 Å². The summed E-state index contributed by atoms with van der Waals surface area (Å²) in [4.78, 5) is 35.3. The van der Waals surface area contributed by atoms with E-state index in [1.165, 1.54) is 18.8 Å². The van der Waals surface area contributed by atoms with Crippen molar-refractivity contribution in [1.29, 1.82) is 0 Å². The highest BCUT2D eigenvalue weighted by Crippen LogP contribution is 2.21. The van der Waals surface area contributed by atoms with E-state index in [-0.39, 0.29) is 5.56 Å². The second kappa shape index (κ2) is 7.48. The van der Waals surface area contributed by atoms with Gasteiger partial charge in [-0.05, 0) is 43.5 Å². The highest BCUT2D eigenvalue weighted by molar-refractivity contribution is 9.10. The molecule has 1 aromatic carbocycles. The molecule has 1 saturated heterocycles.